The SMILES string of the molecule is CNc1cc(-c2nc3cc(Cl)ccc3o2)ccc1OC. The smallest absolute Gasteiger partial charge is 0.227 e. The maximum absolute atomic E-state index is 5.95. The topological polar surface area (TPSA) is 47.3 Å². The Morgan fingerprint density at radius 3 is 2.80 bits per heavy atom. The summed E-state index contributed by atoms with van der Waals surface area (Å²) in [5.41, 5.74) is 3.22. The lowest BCUT2D eigenvalue weighted by Crippen LogP contribution is -1.94. The third kappa shape index (κ3) is 2.18. The molecule has 0 bridgehead atoms. The fourth-order valence-electron chi connectivity index (χ4n) is 2.06. The van der Waals surface area contributed by atoms with Gasteiger partial charge in [-0.15, -0.1) is 0 Å². The Morgan fingerprint density at radius 2 is 2.05 bits per heavy atom. The highest BCUT2D eigenvalue weighted by atomic mass is 35.5. The molecule has 1 aromatic heterocycles. The van der Waals surface area contributed by atoms with E-state index in [-0.39, 0.29) is 0 Å². The van der Waals surface area contributed by atoms with Crippen molar-refractivity contribution in [2.24, 2.45) is 0 Å². The van der Waals surface area contributed by atoms with Crippen LogP contribution in [0.3, 0.4) is 0 Å². The van der Waals surface area contributed by atoms with Crippen molar-refractivity contribution in [2.45, 2.75) is 0 Å². The third-order valence-electron chi connectivity index (χ3n) is 3.07. The number of nitrogens with one attached hydrogen (secondary N) is 1. The van der Waals surface area contributed by atoms with Crippen molar-refractivity contribution in [3.05, 3.63) is 41.4 Å². The van der Waals surface area contributed by atoms with Crippen molar-refractivity contribution in [1.82, 2.24) is 4.98 Å². The summed E-state index contributed by atoms with van der Waals surface area (Å²) in [7, 11) is 3.48. The van der Waals surface area contributed by atoms with Crippen molar-refractivity contribution in [1.29, 1.82) is 0 Å². The lowest BCUT2D eigenvalue weighted by Gasteiger charge is -2.08. The zero-order chi connectivity index (χ0) is 14.1. The van der Waals surface area contributed by atoms with Gasteiger partial charge in [0.2, 0.25) is 5.89 Å². The van der Waals surface area contributed by atoms with E-state index in [0.717, 1.165) is 22.5 Å². The first-order chi connectivity index (χ1) is 9.71. The van der Waals surface area contributed by atoms with Crippen LogP contribution in [-0.2, 0) is 0 Å². The van der Waals surface area contributed by atoms with Crippen LogP contribution in [0.15, 0.2) is 40.8 Å². The molecule has 0 unspecified atom stereocenters. The Labute approximate surface area is 121 Å². The lowest BCUT2D eigenvalue weighted by atomic mass is 10.2. The summed E-state index contributed by atoms with van der Waals surface area (Å²) in [5.74, 6) is 1.33. The van der Waals surface area contributed by atoms with Crippen LogP contribution in [-0.4, -0.2) is 19.1 Å². The van der Waals surface area contributed by atoms with Crippen molar-refractivity contribution >= 4 is 28.4 Å². The summed E-state index contributed by atoms with van der Waals surface area (Å²) >= 11 is 5.95. The summed E-state index contributed by atoms with van der Waals surface area (Å²) in [6, 6.07) is 11.1. The molecular weight excluding hydrogens is 276 g/mol. The predicted molar refractivity (Wildman–Crippen MR) is 80.6 cm³/mol. The Balaban J connectivity index is 2.10. The molecule has 3 rings (SSSR count). The second-order valence-electron chi connectivity index (χ2n) is 4.30. The van der Waals surface area contributed by atoms with Gasteiger partial charge in [-0.25, -0.2) is 4.98 Å². The number of methoxy groups -OCH3 is 1. The lowest BCUT2D eigenvalue weighted by molar-refractivity contribution is 0.416. The minimum atomic E-state index is 0.557. The standard InChI is InChI=1S/C15H13ClN2O2/c1-17-11-7-9(3-5-13(11)19-2)15-18-12-8-10(16)4-6-14(12)20-15/h3-8,17H,1-2H3. The molecule has 0 saturated carbocycles. The van der Waals surface area contributed by atoms with Crippen LogP contribution < -0.4 is 10.1 Å². The maximum Gasteiger partial charge on any atom is 0.227 e. The van der Waals surface area contributed by atoms with Crippen LogP contribution in [0.1, 0.15) is 0 Å². The number of anilines is 1. The maximum atomic E-state index is 5.95. The Morgan fingerprint density at radius 1 is 1.20 bits per heavy atom. The van der Waals surface area contributed by atoms with E-state index in [1.165, 1.54) is 0 Å². The van der Waals surface area contributed by atoms with Gasteiger partial charge in [-0.05, 0) is 36.4 Å². The minimum absolute atomic E-state index is 0.557. The van der Waals surface area contributed by atoms with E-state index in [1.54, 1.807) is 19.2 Å². The second-order valence-corrected chi connectivity index (χ2v) is 4.73. The fraction of sp³-hybridized carbons (Fsp3) is 0.133. The van der Waals surface area contributed by atoms with Crippen molar-refractivity contribution in [3.63, 3.8) is 0 Å². The molecule has 0 aliphatic carbocycles. The fourth-order valence-corrected chi connectivity index (χ4v) is 2.23. The largest absolute Gasteiger partial charge is 0.495 e. The normalized spacial score (nSPS) is 10.8. The first kappa shape index (κ1) is 12.8. The highest BCUT2D eigenvalue weighted by molar-refractivity contribution is 6.31. The number of benzene rings is 2. The number of aromatic nitrogens is 1. The Bertz CT molecular complexity index is 768. The number of oxazole rings is 1. The Hall–Kier alpha value is -2.20. The van der Waals surface area contributed by atoms with E-state index >= 15 is 0 Å². The zero-order valence-electron chi connectivity index (χ0n) is 11.1. The molecular formula is C15H13ClN2O2. The van der Waals surface area contributed by atoms with Crippen LogP contribution >= 0.6 is 11.6 Å². The van der Waals surface area contributed by atoms with E-state index in [1.807, 2.05) is 31.3 Å². The van der Waals surface area contributed by atoms with Gasteiger partial charge in [0.05, 0.1) is 12.8 Å². The highest BCUT2D eigenvalue weighted by Gasteiger charge is 2.11. The van der Waals surface area contributed by atoms with Gasteiger partial charge in [0.15, 0.2) is 5.58 Å². The summed E-state index contributed by atoms with van der Waals surface area (Å²) in [5, 5.41) is 3.73. The molecule has 1 N–H and O–H groups in total. The molecule has 2 aromatic carbocycles. The van der Waals surface area contributed by atoms with Gasteiger partial charge < -0.3 is 14.5 Å². The highest BCUT2D eigenvalue weighted by Crippen LogP contribution is 2.32. The first-order valence-corrected chi connectivity index (χ1v) is 6.51. The van der Waals surface area contributed by atoms with Crippen molar-refractivity contribution in [2.75, 3.05) is 19.5 Å². The molecule has 0 fully saturated rings. The second kappa shape index (κ2) is 5.06. The van der Waals surface area contributed by atoms with Gasteiger partial charge in [0, 0.05) is 17.6 Å². The monoisotopic (exact) mass is 288 g/mol. The summed E-state index contributed by atoms with van der Waals surface area (Å²) in [6.45, 7) is 0. The van der Waals surface area contributed by atoms with Gasteiger partial charge in [-0.1, -0.05) is 11.6 Å². The van der Waals surface area contributed by atoms with Crippen LogP contribution in [0.2, 0.25) is 5.02 Å². The van der Waals surface area contributed by atoms with Crippen LogP contribution in [0, 0.1) is 0 Å². The molecule has 102 valence electrons. The van der Waals surface area contributed by atoms with Crippen molar-refractivity contribution in [3.8, 4) is 17.2 Å². The first-order valence-electron chi connectivity index (χ1n) is 6.13. The summed E-state index contributed by atoms with van der Waals surface area (Å²) in [6.07, 6.45) is 0. The average molecular weight is 289 g/mol. The third-order valence-corrected chi connectivity index (χ3v) is 3.30. The van der Waals surface area contributed by atoms with Gasteiger partial charge in [-0.3, -0.25) is 0 Å². The predicted octanol–water partition coefficient (Wildman–Crippen LogP) is 4.20. The molecule has 0 radical (unpaired) electrons. The molecule has 0 aliphatic heterocycles. The van der Waals surface area contributed by atoms with E-state index in [4.69, 9.17) is 20.8 Å². The van der Waals surface area contributed by atoms with Crippen LogP contribution in [0.4, 0.5) is 5.69 Å². The van der Waals surface area contributed by atoms with E-state index < -0.39 is 0 Å². The summed E-state index contributed by atoms with van der Waals surface area (Å²) < 4.78 is 11.0. The molecule has 0 aliphatic rings. The number of fused-ring (bicyclic) bond motifs is 1. The average Bonchev–Trinajstić information content (AvgIpc) is 2.89. The molecule has 0 amide bonds. The minimum Gasteiger partial charge on any atom is -0.495 e. The zero-order valence-corrected chi connectivity index (χ0v) is 11.9. The Kier molecular flexibility index (Phi) is 3.24. The number of hydrogen-bond donors (Lipinski definition) is 1. The molecule has 1 heterocycles. The van der Waals surface area contributed by atoms with Gasteiger partial charge in [-0.2, -0.15) is 0 Å². The number of rotatable bonds is 3. The number of ether oxygens (including phenoxy) is 1. The van der Waals surface area contributed by atoms with Crippen LogP contribution in [0.5, 0.6) is 5.75 Å². The van der Waals surface area contributed by atoms with E-state index in [2.05, 4.69) is 10.3 Å². The number of nitrogens with zero attached hydrogens (tertiary/aromatic N) is 1. The van der Waals surface area contributed by atoms with Gasteiger partial charge >= 0.3 is 0 Å². The quantitative estimate of drug-likeness (QED) is 0.785. The molecule has 3 aromatic rings. The molecule has 20 heavy (non-hydrogen) atoms. The molecule has 0 spiro atoms. The number of hydrogen-bond acceptors (Lipinski definition) is 4. The van der Waals surface area contributed by atoms with Crippen LogP contribution in [0.25, 0.3) is 22.6 Å². The van der Waals surface area contributed by atoms with E-state index in [0.29, 0.717) is 16.5 Å². The van der Waals surface area contributed by atoms with Gasteiger partial charge in [0.25, 0.3) is 0 Å². The molecule has 5 heteroatoms. The molecule has 0 atom stereocenters. The summed E-state index contributed by atoms with van der Waals surface area (Å²) in [4.78, 5) is 4.45. The number of halogens is 1. The molecule has 4 nitrogen and oxygen atoms in total. The van der Waals surface area contributed by atoms with Gasteiger partial charge in [0.1, 0.15) is 11.3 Å². The van der Waals surface area contributed by atoms with E-state index in [9.17, 15) is 0 Å². The molecule has 0 saturated heterocycles. The van der Waals surface area contributed by atoms with Crippen molar-refractivity contribution < 1.29 is 9.15 Å².